The van der Waals surface area contributed by atoms with E-state index in [-0.39, 0.29) is 5.91 Å². The smallest absolute Gasteiger partial charge is 0.224 e. The molecule has 1 heterocycles. The lowest BCUT2D eigenvalue weighted by Crippen LogP contribution is -2.29. The summed E-state index contributed by atoms with van der Waals surface area (Å²) >= 11 is 0. The van der Waals surface area contributed by atoms with E-state index in [0.29, 0.717) is 12.3 Å². The zero-order chi connectivity index (χ0) is 15.2. The first-order valence-corrected chi connectivity index (χ1v) is 8.96. The third-order valence-corrected chi connectivity index (χ3v) is 5.07. The summed E-state index contributed by atoms with van der Waals surface area (Å²) in [5.41, 5.74) is 2.21. The Morgan fingerprint density at radius 3 is 2.27 bits per heavy atom. The van der Waals surface area contributed by atoms with E-state index in [4.69, 9.17) is 0 Å². The minimum atomic E-state index is 0.178. The highest BCUT2D eigenvalue weighted by Gasteiger charge is 2.17. The van der Waals surface area contributed by atoms with Crippen LogP contribution < -0.4 is 10.2 Å². The second-order valence-corrected chi connectivity index (χ2v) is 6.85. The molecule has 3 rings (SSSR count). The van der Waals surface area contributed by atoms with Gasteiger partial charge in [0.25, 0.3) is 0 Å². The van der Waals surface area contributed by atoms with E-state index < -0.39 is 0 Å². The average molecular weight is 300 g/mol. The highest BCUT2D eigenvalue weighted by molar-refractivity contribution is 5.91. The van der Waals surface area contributed by atoms with E-state index in [1.54, 1.807) is 0 Å². The molecule has 3 heteroatoms. The number of hydrogen-bond acceptors (Lipinski definition) is 2. The van der Waals surface area contributed by atoms with Gasteiger partial charge in [-0.2, -0.15) is 0 Å². The molecule has 0 atom stereocenters. The summed E-state index contributed by atoms with van der Waals surface area (Å²) in [4.78, 5) is 14.6. The minimum absolute atomic E-state index is 0.178. The number of amides is 1. The highest BCUT2D eigenvalue weighted by atomic mass is 16.1. The maximum Gasteiger partial charge on any atom is 0.224 e. The van der Waals surface area contributed by atoms with Crippen LogP contribution in [-0.2, 0) is 4.79 Å². The van der Waals surface area contributed by atoms with Gasteiger partial charge in [0.05, 0.1) is 0 Å². The SMILES string of the molecule is O=C(CC1CCCCC1)Nc1ccc(N2CCCCC2)cc1. The molecule has 22 heavy (non-hydrogen) atoms. The van der Waals surface area contributed by atoms with Crippen molar-refractivity contribution in [2.75, 3.05) is 23.3 Å². The number of rotatable bonds is 4. The van der Waals surface area contributed by atoms with Gasteiger partial charge in [0.15, 0.2) is 0 Å². The summed E-state index contributed by atoms with van der Waals surface area (Å²) in [7, 11) is 0. The Kier molecular flexibility index (Phi) is 5.36. The summed E-state index contributed by atoms with van der Waals surface area (Å²) < 4.78 is 0. The summed E-state index contributed by atoms with van der Waals surface area (Å²) in [6.07, 6.45) is 11.0. The Bertz CT molecular complexity index is 471. The van der Waals surface area contributed by atoms with Gasteiger partial charge in [0.1, 0.15) is 0 Å². The number of nitrogens with zero attached hydrogens (tertiary/aromatic N) is 1. The number of anilines is 2. The molecule has 2 aliphatic rings. The molecule has 0 spiro atoms. The van der Waals surface area contributed by atoms with E-state index >= 15 is 0 Å². The number of piperidine rings is 1. The summed E-state index contributed by atoms with van der Waals surface area (Å²) in [5.74, 6) is 0.777. The van der Waals surface area contributed by atoms with Gasteiger partial charge < -0.3 is 10.2 Å². The topological polar surface area (TPSA) is 32.3 Å². The van der Waals surface area contributed by atoms with Crippen LogP contribution in [-0.4, -0.2) is 19.0 Å². The molecule has 1 aliphatic carbocycles. The van der Waals surface area contributed by atoms with Crippen molar-refractivity contribution in [3.8, 4) is 0 Å². The van der Waals surface area contributed by atoms with Gasteiger partial charge in [-0.3, -0.25) is 4.79 Å². The molecule has 0 unspecified atom stereocenters. The number of carbonyl (C=O) groups is 1. The predicted molar refractivity (Wildman–Crippen MR) is 92.3 cm³/mol. The first kappa shape index (κ1) is 15.4. The van der Waals surface area contributed by atoms with Crippen molar-refractivity contribution in [2.45, 2.75) is 57.8 Å². The Labute approximate surface area is 134 Å². The molecule has 1 saturated carbocycles. The monoisotopic (exact) mass is 300 g/mol. The molecular weight excluding hydrogens is 272 g/mol. The van der Waals surface area contributed by atoms with Crippen LogP contribution >= 0.6 is 0 Å². The standard InChI is InChI=1S/C19H28N2O/c22-19(15-16-7-3-1-4-8-16)20-17-9-11-18(12-10-17)21-13-5-2-6-14-21/h9-12,16H,1-8,13-15H2,(H,20,22). The van der Waals surface area contributed by atoms with Crippen molar-refractivity contribution >= 4 is 17.3 Å². The molecule has 1 aromatic carbocycles. The fraction of sp³-hybridized carbons (Fsp3) is 0.632. The average Bonchev–Trinajstić information content (AvgIpc) is 2.57. The largest absolute Gasteiger partial charge is 0.372 e. The predicted octanol–water partition coefficient (Wildman–Crippen LogP) is 4.59. The van der Waals surface area contributed by atoms with E-state index in [1.165, 1.54) is 57.1 Å². The van der Waals surface area contributed by atoms with Crippen LogP contribution in [0.5, 0.6) is 0 Å². The van der Waals surface area contributed by atoms with Crippen LogP contribution in [0.25, 0.3) is 0 Å². The number of carbonyl (C=O) groups excluding carboxylic acids is 1. The van der Waals surface area contributed by atoms with Crippen molar-refractivity contribution in [2.24, 2.45) is 5.92 Å². The van der Waals surface area contributed by atoms with E-state index in [9.17, 15) is 4.79 Å². The van der Waals surface area contributed by atoms with Crippen molar-refractivity contribution in [1.82, 2.24) is 0 Å². The first-order valence-electron chi connectivity index (χ1n) is 8.96. The Morgan fingerprint density at radius 2 is 1.59 bits per heavy atom. The van der Waals surface area contributed by atoms with Crippen molar-refractivity contribution in [3.05, 3.63) is 24.3 Å². The van der Waals surface area contributed by atoms with Gasteiger partial charge in [0.2, 0.25) is 5.91 Å². The Morgan fingerprint density at radius 1 is 0.955 bits per heavy atom. The van der Waals surface area contributed by atoms with E-state index in [2.05, 4.69) is 22.3 Å². The second kappa shape index (κ2) is 7.66. The molecule has 1 amide bonds. The zero-order valence-electron chi connectivity index (χ0n) is 13.5. The van der Waals surface area contributed by atoms with E-state index in [0.717, 1.165) is 18.8 Å². The molecular formula is C19H28N2O. The van der Waals surface area contributed by atoms with Crippen LogP contribution in [0.1, 0.15) is 57.8 Å². The normalized spacial score (nSPS) is 19.9. The summed E-state index contributed by atoms with van der Waals surface area (Å²) in [5, 5.41) is 3.06. The van der Waals surface area contributed by atoms with Gasteiger partial charge in [-0.25, -0.2) is 0 Å². The molecule has 1 saturated heterocycles. The van der Waals surface area contributed by atoms with Crippen molar-refractivity contribution in [3.63, 3.8) is 0 Å². The number of hydrogen-bond donors (Lipinski definition) is 1. The fourth-order valence-corrected chi connectivity index (χ4v) is 3.77. The maximum atomic E-state index is 12.1. The molecule has 2 fully saturated rings. The summed E-state index contributed by atoms with van der Waals surface area (Å²) in [6.45, 7) is 2.32. The van der Waals surface area contributed by atoms with Crippen LogP contribution in [0.15, 0.2) is 24.3 Å². The van der Waals surface area contributed by atoms with Crippen molar-refractivity contribution < 1.29 is 4.79 Å². The number of nitrogens with one attached hydrogen (secondary N) is 1. The van der Waals surface area contributed by atoms with Crippen LogP contribution in [0.3, 0.4) is 0 Å². The summed E-state index contributed by atoms with van der Waals surface area (Å²) in [6, 6.07) is 8.37. The minimum Gasteiger partial charge on any atom is -0.372 e. The molecule has 0 bridgehead atoms. The Balaban J connectivity index is 1.50. The van der Waals surface area contributed by atoms with Gasteiger partial charge in [-0.05, 0) is 62.3 Å². The lowest BCUT2D eigenvalue weighted by atomic mass is 9.87. The molecule has 3 nitrogen and oxygen atoms in total. The molecule has 0 radical (unpaired) electrons. The Hall–Kier alpha value is -1.51. The van der Waals surface area contributed by atoms with Gasteiger partial charge in [0, 0.05) is 30.9 Å². The second-order valence-electron chi connectivity index (χ2n) is 6.85. The molecule has 120 valence electrons. The highest BCUT2D eigenvalue weighted by Crippen LogP contribution is 2.27. The van der Waals surface area contributed by atoms with Gasteiger partial charge >= 0.3 is 0 Å². The molecule has 0 aromatic heterocycles. The third-order valence-electron chi connectivity index (χ3n) is 5.07. The van der Waals surface area contributed by atoms with Crippen molar-refractivity contribution in [1.29, 1.82) is 0 Å². The third kappa shape index (κ3) is 4.25. The van der Waals surface area contributed by atoms with Gasteiger partial charge in [-0.15, -0.1) is 0 Å². The molecule has 1 N–H and O–H groups in total. The molecule has 1 aliphatic heterocycles. The fourth-order valence-electron chi connectivity index (χ4n) is 3.77. The van der Waals surface area contributed by atoms with Crippen LogP contribution in [0.4, 0.5) is 11.4 Å². The number of benzene rings is 1. The zero-order valence-corrected chi connectivity index (χ0v) is 13.5. The first-order chi connectivity index (χ1) is 10.8. The maximum absolute atomic E-state index is 12.1. The lowest BCUT2D eigenvalue weighted by molar-refractivity contribution is -0.117. The lowest BCUT2D eigenvalue weighted by Gasteiger charge is -2.28. The quantitative estimate of drug-likeness (QED) is 0.882. The van der Waals surface area contributed by atoms with Gasteiger partial charge in [-0.1, -0.05) is 19.3 Å². The molecule has 1 aromatic rings. The van der Waals surface area contributed by atoms with Crippen LogP contribution in [0.2, 0.25) is 0 Å². The van der Waals surface area contributed by atoms with Crippen LogP contribution in [0, 0.1) is 5.92 Å². The van der Waals surface area contributed by atoms with E-state index in [1.807, 2.05) is 12.1 Å².